The Kier molecular flexibility index (Phi) is 5.15. The fraction of sp³-hybridized carbons (Fsp3) is 0.353. The first-order valence-electron chi connectivity index (χ1n) is 8.08. The summed E-state index contributed by atoms with van der Waals surface area (Å²) in [5.41, 5.74) is 1.68. The Morgan fingerprint density at radius 1 is 1.31 bits per heavy atom. The van der Waals surface area contributed by atoms with Crippen LogP contribution >= 0.6 is 11.6 Å². The molecule has 1 fully saturated rings. The van der Waals surface area contributed by atoms with E-state index in [2.05, 4.69) is 15.3 Å². The van der Waals surface area contributed by atoms with Crippen molar-refractivity contribution < 1.29 is 13.2 Å². The lowest BCUT2D eigenvalue weighted by atomic mass is 10.2. The van der Waals surface area contributed by atoms with E-state index in [0.717, 1.165) is 5.56 Å². The predicted octanol–water partition coefficient (Wildman–Crippen LogP) is 2.31. The van der Waals surface area contributed by atoms with Crippen molar-refractivity contribution in [1.29, 1.82) is 0 Å². The normalized spacial score (nSPS) is 18.5. The fourth-order valence-corrected chi connectivity index (χ4v) is 4.75. The summed E-state index contributed by atoms with van der Waals surface area (Å²) in [5.74, 6) is 0.390. The van der Waals surface area contributed by atoms with Crippen molar-refractivity contribution in [3.05, 3.63) is 46.9 Å². The average molecular weight is 395 g/mol. The summed E-state index contributed by atoms with van der Waals surface area (Å²) in [5, 5.41) is 3.31. The molecule has 26 heavy (non-hydrogen) atoms. The van der Waals surface area contributed by atoms with E-state index in [0.29, 0.717) is 22.9 Å². The molecular weight excluding hydrogens is 376 g/mol. The fourth-order valence-electron chi connectivity index (χ4n) is 2.80. The highest BCUT2D eigenvalue weighted by molar-refractivity contribution is 7.91. The Hall–Kier alpha value is -2.19. The molecule has 9 heteroatoms. The lowest BCUT2D eigenvalue weighted by molar-refractivity contribution is 0.102. The van der Waals surface area contributed by atoms with Crippen molar-refractivity contribution in [2.75, 3.05) is 28.8 Å². The van der Waals surface area contributed by atoms with E-state index in [-0.39, 0.29) is 29.1 Å². The van der Waals surface area contributed by atoms with Gasteiger partial charge in [-0.15, -0.1) is 0 Å². The number of hydrogen-bond donors (Lipinski definition) is 1. The summed E-state index contributed by atoms with van der Waals surface area (Å²) in [4.78, 5) is 22.4. The summed E-state index contributed by atoms with van der Waals surface area (Å²) in [6.45, 7) is 1.88. The Labute approximate surface area is 157 Å². The molecule has 2 heterocycles. The van der Waals surface area contributed by atoms with Crippen LogP contribution < -0.4 is 10.2 Å². The number of hydrogen-bond acceptors (Lipinski definition) is 6. The first-order valence-corrected chi connectivity index (χ1v) is 10.3. The number of aryl methyl sites for hydroxylation is 1. The van der Waals surface area contributed by atoms with Gasteiger partial charge >= 0.3 is 0 Å². The smallest absolute Gasteiger partial charge is 0.274 e. The Bertz CT molecular complexity index is 949. The van der Waals surface area contributed by atoms with Gasteiger partial charge in [0.25, 0.3) is 5.91 Å². The minimum Gasteiger partial charge on any atom is -0.356 e. The van der Waals surface area contributed by atoms with Gasteiger partial charge in [0.1, 0.15) is 17.8 Å². The SMILES string of the molecule is Cc1ccc(NC(=O)c2cc(N(C)C3CCS(=O)(=O)C3)ncn2)cc1Cl. The van der Waals surface area contributed by atoms with Gasteiger partial charge in [0.05, 0.1) is 11.5 Å². The van der Waals surface area contributed by atoms with Crippen LogP contribution in [0, 0.1) is 6.92 Å². The Balaban J connectivity index is 1.76. The summed E-state index contributed by atoms with van der Waals surface area (Å²) < 4.78 is 23.3. The molecule has 0 spiro atoms. The molecular formula is C17H19ClN4O3S. The number of halogens is 1. The molecule has 1 saturated heterocycles. The Morgan fingerprint density at radius 3 is 2.73 bits per heavy atom. The maximum Gasteiger partial charge on any atom is 0.274 e. The Morgan fingerprint density at radius 2 is 2.08 bits per heavy atom. The first-order chi connectivity index (χ1) is 12.2. The van der Waals surface area contributed by atoms with Crippen molar-refractivity contribution in [3.8, 4) is 0 Å². The number of nitrogens with zero attached hydrogens (tertiary/aromatic N) is 3. The van der Waals surface area contributed by atoms with E-state index in [1.165, 1.54) is 6.33 Å². The molecule has 2 aromatic rings. The molecule has 138 valence electrons. The standard InChI is InChI=1S/C17H19ClN4O3S/c1-11-3-4-12(7-14(11)18)21-17(23)15-8-16(20-10-19-15)22(2)13-5-6-26(24,25)9-13/h3-4,7-8,10,13H,5-6,9H2,1-2H3,(H,21,23). The number of carbonyl (C=O) groups excluding carboxylic acids is 1. The molecule has 1 aromatic carbocycles. The number of aromatic nitrogens is 2. The van der Waals surface area contributed by atoms with Crippen molar-refractivity contribution in [3.63, 3.8) is 0 Å². The first kappa shape index (κ1) is 18.6. The molecule has 0 aliphatic carbocycles. The van der Waals surface area contributed by atoms with Crippen LogP contribution in [0.3, 0.4) is 0 Å². The van der Waals surface area contributed by atoms with Gasteiger partial charge in [-0.1, -0.05) is 17.7 Å². The molecule has 1 unspecified atom stereocenters. The van der Waals surface area contributed by atoms with Crippen LogP contribution in [0.15, 0.2) is 30.6 Å². The molecule has 0 bridgehead atoms. The highest BCUT2D eigenvalue weighted by Crippen LogP contribution is 2.23. The number of rotatable bonds is 4. The maximum absolute atomic E-state index is 12.5. The summed E-state index contributed by atoms with van der Waals surface area (Å²) in [6.07, 6.45) is 1.85. The van der Waals surface area contributed by atoms with E-state index in [1.54, 1.807) is 30.1 Å². The number of nitrogens with one attached hydrogen (secondary N) is 1. The molecule has 1 amide bonds. The summed E-state index contributed by atoms with van der Waals surface area (Å²) in [6, 6.07) is 6.65. The zero-order valence-electron chi connectivity index (χ0n) is 14.4. The number of anilines is 2. The molecule has 7 nitrogen and oxygen atoms in total. The van der Waals surface area contributed by atoms with Crippen LogP contribution in [0.1, 0.15) is 22.5 Å². The van der Waals surface area contributed by atoms with E-state index in [1.807, 2.05) is 13.0 Å². The lowest BCUT2D eigenvalue weighted by Crippen LogP contribution is -2.33. The topological polar surface area (TPSA) is 92.3 Å². The highest BCUT2D eigenvalue weighted by atomic mass is 35.5. The molecule has 0 saturated carbocycles. The quantitative estimate of drug-likeness (QED) is 0.855. The highest BCUT2D eigenvalue weighted by Gasteiger charge is 2.31. The lowest BCUT2D eigenvalue weighted by Gasteiger charge is -2.24. The van der Waals surface area contributed by atoms with E-state index in [4.69, 9.17) is 11.6 Å². The maximum atomic E-state index is 12.5. The monoisotopic (exact) mass is 394 g/mol. The van der Waals surface area contributed by atoms with Crippen LogP contribution in [0.4, 0.5) is 11.5 Å². The van der Waals surface area contributed by atoms with Crippen molar-refractivity contribution in [2.45, 2.75) is 19.4 Å². The number of benzene rings is 1. The zero-order chi connectivity index (χ0) is 18.9. The zero-order valence-corrected chi connectivity index (χ0v) is 16.0. The van der Waals surface area contributed by atoms with Crippen LogP contribution in [0.2, 0.25) is 5.02 Å². The second kappa shape index (κ2) is 7.20. The predicted molar refractivity (Wildman–Crippen MR) is 102 cm³/mol. The van der Waals surface area contributed by atoms with Crippen LogP contribution in [-0.4, -0.2) is 48.9 Å². The van der Waals surface area contributed by atoms with E-state index >= 15 is 0 Å². The molecule has 3 rings (SSSR count). The molecule has 1 atom stereocenters. The second-order valence-corrected chi connectivity index (χ2v) is 8.98. The molecule has 0 radical (unpaired) electrons. The number of carbonyl (C=O) groups is 1. The molecule has 1 N–H and O–H groups in total. The van der Waals surface area contributed by atoms with Gasteiger partial charge in [-0.05, 0) is 31.0 Å². The number of amides is 1. The summed E-state index contributed by atoms with van der Waals surface area (Å²) in [7, 11) is -1.23. The number of sulfone groups is 1. The van der Waals surface area contributed by atoms with Crippen LogP contribution in [0.5, 0.6) is 0 Å². The molecule has 1 aromatic heterocycles. The molecule has 1 aliphatic rings. The third-order valence-electron chi connectivity index (χ3n) is 4.43. The minimum atomic E-state index is -3.00. The average Bonchev–Trinajstić information content (AvgIpc) is 2.97. The minimum absolute atomic E-state index is 0.0941. The van der Waals surface area contributed by atoms with Crippen molar-refractivity contribution in [1.82, 2.24) is 9.97 Å². The van der Waals surface area contributed by atoms with E-state index < -0.39 is 9.84 Å². The van der Waals surface area contributed by atoms with Gasteiger partial charge in [-0.3, -0.25) is 4.79 Å². The second-order valence-electron chi connectivity index (χ2n) is 6.35. The third kappa shape index (κ3) is 4.13. The summed E-state index contributed by atoms with van der Waals surface area (Å²) >= 11 is 6.07. The largest absolute Gasteiger partial charge is 0.356 e. The van der Waals surface area contributed by atoms with Gasteiger partial charge in [-0.2, -0.15) is 0 Å². The van der Waals surface area contributed by atoms with Gasteiger partial charge in [-0.25, -0.2) is 18.4 Å². The van der Waals surface area contributed by atoms with Crippen molar-refractivity contribution in [2.24, 2.45) is 0 Å². The van der Waals surface area contributed by atoms with Gasteiger partial charge < -0.3 is 10.2 Å². The van der Waals surface area contributed by atoms with Gasteiger partial charge in [0, 0.05) is 29.9 Å². The van der Waals surface area contributed by atoms with Crippen molar-refractivity contribution >= 4 is 38.9 Å². The van der Waals surface area contributed by atoms with Crippen LogP contribution in [0.25, 0.3) is 0 Å². The van der Waals surface area contributed by atoms with E-state index in [9.17, 15) is 13.2 Å². The third-order valence-corrected chi connectivity index (χ3v) is 6.59. The van der Waals surface area contributed by atoms with Gasteiger partial charge in [0.2, 0.25) is 0 Å². The van der Waals surface area contributed by atoms with Gasteiger partial charge in [0.15, 0.2) is 9.84 Å². The molecule has 1 aliphatic heterocycles. The van der Waals surface area contributed by atoms with Crippen LogP contribution in [-0.2, 0) is 9.84 Å².